The topological polar surface area (TPSA) is 53.3 Å². The van der Waals surface area contributed by atoms with E-state index in [9.17, 15) is 4.79 Å². The number of ether oxygens (including phenoxy) is 1. The third kappa shape index (κ3) is 1.72. The van der Waals surface area contributed by atoms with Crippen molar-refractivity contribution < 1.29 is 9.53 Å². The molecule has 1 atom stereocenters. The third-order valence-electron chi connectivity index (χ3n) is 2.62. The summed E-state index contributed by atoms with van der Waals surface area (Å²) in [5.74, 6) is -0.405. The quantitative estimate of drug-likeness (QED) is 0.665. The van der Waals surface area contributed by atoms with Gasteiger partial charge >= 0.3 is 5.97 Å². The van der Waals surface area contributed by atoms with Gasteiger partial charge in [0.25, 0.3) is 0 Å². The minimum Gasteiger partial charge on any atom is -0.443 e. The first kappa shape index (κ1) is 10.5. The van der Waals surface area contributed by atoms with Crippen molar-refractivity contribution in [2.45, 2.75) is 12.5 Å². The molecule has 0 fully saturated rings. The summed E-state index contributed by atoms with van der Waals surface area (Å²) in [7, 11) is 3.87. The second-order valence-electron chi connectivity index (χ2n) is 3.96. The number of rotatable bonds is 1. The zero-order chi connectivity index (χ0) is 11.7. The second-order valence-corrected chi connectivity index (χ2v) is 3.96. The molecule has 16 heavy (non-hydrogen) atoms. The maximum atomic E-state index is 11.5. The first-order chi connectivity index (χ1) is 7.61. The van der Waals surface area contributed by atoms with Gasteiger partial charge in [0.05, 0.1) is 5.56 Å². The molecule has 0 saturated heterocycles. The summed E-state index contributed by atoms with van der Waals surface area (Å²) in [6.07, 6.45) is -0.184. The van der Waals surface area contributed by atoms with Crippen molar-refractivity contribution in [3.8, 4) is 6.07 Å². The van der Waals surface area contributed by atoms with Crippen LogP contribution in [-0.4, -0.2) is 26.2 Å². The highest BCUT2D eigenvalue weighted by molar-refractivity contribution is 5.93. The number of carbonyl (C=O) groups excluding carboxylic acids is 1. The van der Waals surface area contributed by atoms with Gasteiger partial charge < -0.3 is 9.64 Å². The molecule has 0 amide bonds. The summed E-state index contributed by atoms with van der Waals surface area (Å²) >= 11 is 0. The molecule has 1 aromatic rings. The van der Waals surface area contributed by atoms with Crippen LogP contribution in [0.15, 0.2) is 18.2 Å². The second kappa shape index (κ2) is 3.86. The Morgan fingerprint density at radius 1 is 1.50 bits per heavy atom. The van der Waals surface area contributed by atoms with Gasteiger partial charge in [-0.05, 0) is 23.8 Å². The molecular formula is C12H12N2O2. The van der Waals surface area contributed by atoms with Crippen molar-refractivity contribution in [1.29, 1.82) is 5.26 Å². The normalized spacial score (nSPS) is 18.3. The van der Waals surface area contributed by atoms with Crippen molar-refractivity contribution in [3.63, 3.8) is 0 Å². The highest BCUT2D eigenvalue weighted by Gasteiger charge is 2.26. The lowest BCUT2D eigenvalue weighted by molar-refractivity contribution is 0.0371. The summed E-state index contributed by atoms with van der Waals surface area (Å²) in [6.45, 7) is 0. The molecule has 82 valence electrons. The Balaban J connectivity index is 2.43. The molecule has 0 bridgehead atoms. The lowest BCUT2D eigenvalue weighted by Crippen LogP contribution is -2.26. The minimum absolute atomic E-state index is 0.405. The fraction of sp³-hybridized carbons (Fsp3) is 0.333. The molecule has 0 saturated carbocycles. The molecule has 0 radical (unpaired) electrons. The Bertz CT molecular complexity index is 474. The Morgan fingerprint density at radius 2 is 2.25 bits per heavy atom. The average Bonchev–Trinajstić information content (AvgIpc) is 2.28. The number of anilines is 1. The van der Waals surface area contributed by atoms with Crippen molar-refractivity contribution in [2.24, 2.45) is 0 Å². The standard InChI is InChI=1S/C12H12N2O2/c1-14(2)9-3-4-11-8(5-9)6-10(7-13)16-12(11)15/h3-5,10H,6H2,1-2H3. The molecule has 1 unspecified atom stereocenters. The molecule has 1 aliphatic rings. The molecule has 1 aromatic carbocycles. The molecule has 0 aliphatic carbocycles. The summed E-state index contributed by atoms with van der Waals surface area (Å²) in [5, 5.41) is 8.78. The number of hydrogen-bond acceptors (Lipinski definition) is 4. The summed E-state index contributed by atoms with van der Waals surface area (Å²) in [5.41, 5.74) is 2.47. The van der Waals surface area contributed by atoms with Crippen LogP contribution in [0.5, 0.6) is 0 Å². The number of cyclic esters (lactones) is 1. The van der Waals surface area contributed by atoms with E-state index in [2.05, 4.69) is 0 Å². The van der Waals surface area contributed by atoms with E-state index >= 15 is 0 Å². The number of esters is 1. The van der Waals surface area contributed by atoms with Gasteiger partial charge in [-0.25, -0.2) is 4.79 Å². The molecule has 1 aliphatic heterocycles. The fourth-order valence-electron chi connectivity index (χ4n) is 1.73. The van der Waals surface area contributed by atoms with Gasteiger partial charge in [-0.2, -0.15) is 5.26 Å². The zero-order valence-electron chi connectivity index (χ0n) is 9.23. The lowest BCUT2D eigenvalue weighted by Gasteiger charge is -2.22. The van der Waals surface area contributed by atoms with Gasteiger partial charge in [0.2, 0.25) is 0 Å². The largest absolute Gasteiger partial charge is 0.443 e. The molecular weight excluding hydrogens is 204 g/mol. The highest BCUT2D eigenvalue weighted by atomic mass is 16.5. The summed E-state index contributed by atoms with van der Waals surface area (Å²) in [6, 6.07) is 7.52. The lowest BCUT2D eigenvalue weighted by atomic mass is 9.98. The van der Waals surface area contributed by atoms with Crippen LogP contribution < -0.4 is 4.90 Å². The van der Waals surface area contributed by atoms with E-state index in [0.29, 0.717) is 12.0 Å². The smallest absolute Gasteiger partial charge is 0.339 e. The van der Waals surface area contributed by atoms with Gasteiger partial charge in [0.15, 0.2) is 6.10 Å². The van der Waals surface area contributed by atoms with Gasteiger partial charge in [-0.15, -0.1) is 0 Å². The summed E-state index contributed by atoms with van der Waals surface area (Å²) in [4.78, 5) is 13.5. The van der Waals surface area contributed by atoms with Crippen molar-refractivity contribution in [3.05, 3.63) is 29.3 Å². The van der Waals surface area contributed by atoms with E-state index in [4.69, 9.17) is 10.00 Å². The van der Waals surface area contributed by atoms with Crippen LogP contribution in [0.25, 0.3) is 0 Å². The van der Waals surface area contributed by atoms with Crippen molar-refractivity contribution in [2.75, 3.05) is 19.0 Å². The minimum atomic E-state index is -0.655. The Labute approximate surface area is 94.0 Å². The number of carbonyl (C=O) groups is 1. The Hall–Kier alpha value is -2.02. The number of hydrogen-bond donors (Lipinski definition) is 0. The van der Waals surface area contributed by atoms with Crippen LogP contribution in [0.2, 0.25) is 0 Å². The van der Waals surface area contributed by atoms with Crippen LogP contribution in [0.3, 0.4) is 0 Å². The van der Waals surface area contributed by atoms with Gasteiger partial charge in [0.1, 0.15) is 6.07 Å². The number of benzene rings is 1. The number of nitriles is 1. The average molecular weight is 216 g/mol. The first-order valence-electron chi connectivity index (χ1n) is 5.02. The number of fused-ring (bicyclic) bond motifs is 1. The Morgan fingerprint density at radius 3 is 2.88 bits per heavy atom. The van der Waals surface area contributed by atoms with Crippen LogP contribution in [-0.2, 0) is 11.2 Å². The van der Waals surface area contributed by atoms with Crippen LogP contribution in [0.1, 0.15) is 15.9 Å². The van der Waals surface area contributed by atoms with Crippen molar-refractivity contribution >= 4 is 11.7 Å². The number of nitrogens with zero attached hydrogens (tertiary/aromatic N) is 2. The molecule has 0 spiro atoms. The van der Waals surface area contributed by atoms with E-state index < -0.39 is 12.1 Å². The zero-order valence-corrected chi connectivity index (χ0v) is 9.23. The molecule has 2 rings (SSSR count). The van der Waals surface area contributed by atoms with E-state index in [0.717, 1.165) is 11.3 Å². The maximum Gasteiger partial charge on any atom is 0.339 e. The molecule has 4 nitrogen and oxygen atoms in total. The van der Waals surface area contributed by atoms with Gasteiger partial charge in [-0.1, -0.05) is 0 Å². The van der Waals surface area contributed by atoms with E-state index in [1.54, 1.807) is 6.07 Å². The van der Waals surface area contributed by atoms with Crippen LogP contribution in [0, 0.1) is 11.3 Å². The molecule has 4 heteroatoms. The van der Waals surface area contributed by atoms with E-state index in [1.165, 1.54) is 0 Å². The van der Waals surface area contributed by atoms with Gasteiger partial charge in [-0.3, -0.25) is 0 Å². The highest BCUT2D eigenvalue weighted by Crippen LogP contribution is 2.24. The third-order valence-corrected chi connectivity index (χ3v) is 2.62. The van der Waals surface area contributed by atoms with Crippen molar-refractivity contribution in [1.82, 2.24) is 0 Å². The van der Waals surface area contributed by atoms with Crippen LogP contribution in [0.4, 0.5) is 5.69 Å². The van der Waals surface area contributed by atoms with Gasteiger partial charge in [0, 0.05) is 26.2 Å². The molecule has 1 heterocycles. The van der Waals surface area contributed by atoms with Crippen LogP contribution >= 0.6 is 0 Å². The Kier molecular flexibility index (Phi) is 2.53. The van der Waals surface area contributed by atoms with E-state index in [-0.39, 0.29) is 0 Å². The first-order valence-corrected chi connectivity index (χ1v) is 5.02. The monoisotopic (exact) mass is 216 g/mol. The maximum absolute atomic E-state index is 11.5. The fourth-order valence-corrected chi connectivity index (χ4v) is 1.73. The molecule has 0 aromatic heterocycles. The predicted molar refractivity (Wildman–Crippen MR) is 59.3 cm³/mol. The molecule has 0 N–H and O–H groups in total. The predicted octanol–water partition coefficient (Wildman–Crippen LogP) is 1.36. The summed E-state index contributed by atoms with van der Waals surface area (Å²) < 4.78 is 4.95. The SMILES string of the molecule is CN(C)c1ccc2c(c1)CC(C#N)OC2=O. The van der Waals surface area contributed by atoms with E-state index in [1.807, 2.05) is 37.2 Å².